The van der Waals surface area contributed by atoms with Crippen LogP contribution in [-0.4, -0.2) is 10.1 Å². The minimum Gasteiger partial charge on any atom is -0.333 e. The molecule has 1 saturated carbocycles. The molecule has 0 spiro atoms. The van der Waals surface area contributed by atoms with Crippen LogP contribution in [0.5, 0.6) is 0 Å². The first-order chi connectivity index (χ1) is 7.62. The molecular weight excluding hydrogens is 216 g/mol. The van der Waals surface area contributed by atoms with Gasteiger partial charge in [-0.2, -0.15) is 13.8 Å². The molecule has 0 aromatic carbocycles. The first kappa shape index (κ1) is 11.4. The molecule has 0 unspecified atom stereocenters. The summed E-state index contributed by atoms with van der Waals surface area (Å²) in [7, 11) is 0. The molecule has 16 heavy (non-hydrogen) atoms. The fourth-order valence-corrected chi connectivity index (χ4v) is 2.11. The van der Waals surface area contributed by atoms with Crippen LogP contribution in [0.15, 0.2) is 4.52 Å². The first-order valence-electron chi connectivity index (χ1n) is 5.53. The van der Waals surface area contributed by atoms with Crippen molar-refractivity contribution in [2.24, 2.45) is 5.73 Å². The molecule has 0 aliphatic heterocycles. The third kappa shape index (κ3) is 2.21. The lowest BCUT2D eigenvalue weighted by Crippen LogP contribution is -2.37. The summed E-state index contributed by atoms with van der Waals surface area (Å²) in [4.78, 5) is 3.69. The van der Waals surface area contributed by atoms with Crippen LogP contribution >= 0.6 is 0 Å². The number of halogens is 2. The Morgan fingerprint density at radius 1 is 1.19 bits per heavy atom. The topological polar surface area (TPSA) is 64.9 Å². The SMILES string of the molecule is NC1(c2noc(C(F)F)n2)CCCCCC1. The van der Waals surface area contributed by atoms with Gasteiger partial charge in [0, 0.05) is 0 Å². The summed E-state index contributed by atoms with van der Waals surface area (Å²) in [6.45, 7) is 0. The molecule has 0 radical (unpaired) electrons. The van der Waals surface area contributed by atoms with E-state index in [1.165, 1.54) is 0 Å². The highest BCUT2D eigenvalue weighted by Gasteiger charge is 2.34. The second-order valence-corrected chi connectivity index (χ2v) is 4.33. The smallest absolute Gasteiger partial charge is 0.315 e. The number of hydrogen-bond donors (Lipinski definition) is 1. The molecule has 6 heteroatoms. The molecule has 1 aromatic heterocycles. The Labute approximate surface area is 92.2 Å². The van der Waals surface area contributed by atoms with Gasteiger partial charge in [-0.1, -0.05) is 30.8 Å². The summed E-state index contributed by atoms with van der Waals surface area (Å²) in [5.41, 5.74) is 5.48. The third-order valence-corrected chi connectivity index (χ3v) is 3.07. The van der Waals surface area contributed by atoms with Crippen LogP contribution in [0.2, 0.25) is 0 Å². The number of aromatic nitrogens is 2. The minimum atomic E-state index is -2.73. The van der Waals surface area contributed by atoms with E-state index in [0.29, 0.717) is 0 Å². The minimum absolute atomic E-state index is 0.227. The highest BCUT2D eigenvalue weighted by atomic mass is 19.3. The van der Waals surface area contributed by atoms with E-state index in [1.807, 2.05) is 0 Å². The summed E-state index contributed by atoms with van der Waals surface area (Å²) in [5, 5.41) is 3.58. The van der Waals surface area contributed by atoms with Gasteiger partial charge in [0.05, 0.1) is 5.54 Å². The van der Waals surface area contributed by atoms with E-state index >= 15 is 0 Å². The van der Waals surface area contributed by atoms with Gasteiger partial charge in [0.2, 0.25) is 0 Å². The van der Waals surface area contributed by atoms with Crippen LogP contribution in [0.25, 0.3) is 0 Å². The van der Waals surface area contributed by atoms with Gasteiger partial charge in [-0.15, -0.1) is 0 Å². The van der Waals surface area contributed by atoms with Crippen molar-refractivity contribution in [1.82, 2.24) is 10.1 Å². The van der Waals surface area contributed by atoms with E-state index in [-0.39, 0.29) is 5.82 Å². The van der Waals surface area contributed by atoms with E-state index in [1.54, 1.807) is 0 Å². The van der Waals surface area contributed by atoms with Crippen LogP contribution in [0.3, 0.4) is 0 Å². The lowest BCUT2D eigenvalue weighted by molar-refractivity contribution is 0.106. The van der Waals surface area contributed by atoms with Crippen LogP contribution in [0, 0.1) is 0 Å². The standard InChI is InChI=1S/C10H15F2N3O/c11-7(12)8-14-9(15-16-8)10(13)5-3-1-2-4-6-10/h7H,1-6,13H2. The van der Waals surface area contributed by atoms with Gasteiger partial charge in [-0.05, 0) is 12.8 Å². The Morgan fingerprint density at radius 3 is 2.31 bits per heavy atom. The molecule has 1 aliphatic rings. The van der Waals surface area contributed by atoms with Crippen molar-refractivity contribution in [2.45, 2.75) is 50.5 Å². The van der Waals surface area contributed by atoms with E-state index in [4.69, 9.17) is 5.73 Å². The molecule has 2 rings (SSSR count). The zero-order valence-corrected chi connectivity index (χ0v) is 8.96. The predicted molar refractivity (Wildman–Crippen MR) is 52.8 cm³/mol. The molecular formula is C10H15F2N3O. The highest BCUT2D eigenvalue weighted by molar-refractivity contribution is 5.04. The van der Waals surface area contributed by atoms with Crippen molar-refractivity contribution in [3.05, 3.63) is 11.7 Å². The van der Waals surface area contributed by atoms with Crippen LogP contribution in [0.4, 0.5) is 8.78 Å². The normalized spacial score (nSPS) is 21.0. The summed E-state index contributed by atoms with van der Waals surface area (Å²) >= 11 is 0. The van der Waals surface area contributed by atoms with Crippen molar-refractivity contribution in [3.8, 4) is 0 Å². The summed E-state index contributed by atoms with van der Waals surface area (Å²) < 4.78 is 29.1. The fraction of sp³-hybridized carbons (Fsp3) is 0.800. The monoisotopic (exact) mass is 231 g/mol. The van der Waals surface area contributed by atoms with Crippen LogP contribution in [0.1, 0.15) is 56.7 Å². The summed E-state index contributed by atoms with van der Waals surface area (Å²) in [5.74, 6) is -0.409. The second-order valence-electron chi connectivity index (χ2n) is 4.33. The average molecular weight is 231 g/mol. The lowest BCUT2D eigenvalue weighted by atomic mass is 9.91. The van der Waals surface area contributed by atoms with Gasteiger partial charge < -0.3 is 10.3 Å². The number of nitrogens with zero attached hydrogens (tertiary/aromatic N) is 2. The Hall–Kier alpha value is -1.04. The maximum atomic E-state index is 12.3. The largest absolute Gasteiger partial charge is 0.333 e. The first-order valence-corrected chi connectivity index (χ1v) is 5.53. The highest BCUT2D eigenvalue weighted by Crippen LogP contribution is 2.32. The second kappa shape index (κ2) is 4.45. The quantitative estimate of drug-likeness (QED) is 0.794. The van der Waals surface area contributed by atoms with Gasteiger partial charge in [0.25, 0.3) is 5.89 Å². The van der Waals surface area contributed by atoms with Crippen molar-refractivity contribution in [2.75, 3.05) is 0 Å². The van der Waals surface area contributed by atoms with E-state index in [0.717, 1.165) is 38.5 Å². The van der Waals surface area contributed by atoms with Gasteiger partial charge in [-0.25, -0.2) is 0 Å². The molecule has 1 aliphatic carbocycles. The predicted octanol–water partition coefficient (Wildman–Crippen LogP) is 2.52. The van der Waals surface area contributed by atoms with Crippen molar-refractivity contribution in [1.29, 1.82) is 0 Å². The summed E-state index contributed by atoms with van der Waals surface area (Å²) in [6, 6.07) is 0. The van der Waals surface area contributed by atoms with Gasteiger partial charge in [0.15, 0.2) is 5.82 Å². The number of rotatable bonds is 2. The summed E-state index contributed by atoms with van der Waals surface area (Å²) in [6.07, 6.45) is 2.95. The molecule has 90 valence electrons. The molecule has 1 aromatic rings. The average Bonchev–Trinajstić information content (AvgIpc) is 2.64. The Balaban J connectivity index is 2.19. The van der Waals surface area contributed by atoms with Crippen LogP contribution in [-0.2, 0) is 5.54 Å². The van der Waals surface area contributed by atoms with Crippen molar-refractivity contribution in [3.63, 3.8) is 0 Å². The molecule has 1 fully saturated rings. The molecule has 0 bridgehead atoms. The maximum absolute atomic E-state index is 12.3. The molecule has 0 atom stereocenters. The van der Waals surface area contributed by atoms with E-state index < -0.39 is 17.9 Å². The lowest BCUT2D eigenvalue weighted by Gasteiger charge is -2.23. The van der Waals surface area contributed by atoms with Gasteiger partial charge >= 0.3 is 6.43 Å². The Morgan fingerprint density at radius 2 is 1.81 bits per heavy atom. The third-order valence-electron chi connectivity index (χ3n) is 3.07. The Bertz CT molecular complexity index is 346. The number of alkyl halides is 2. The molecule has 4 nitrogen and oxygen atoms in total. The zero-order valence-electron chi connectivity index (χ0n) is 8.96. The van der Waals surface area contributed by atoms with Crippen LogP contribution < -0.4 is 5.73 Å². The molecule has 1 heterocycles. The van der Waals surface area contributed by atoms with Gasteiger partial charge in [0.1, 0.15) is 0 Å². The van der Waals surface area contributed by atoms with E-state index in [2.05, 4.69) is 14.7 Å². The molecule has 0 amide bonds. The maximum Gasteiger partial charge on any atom is 0.315 e. The van der Waals surface area contributed by atoms with Gasteiger partial charge in [-0.3, -0.25) is 0 Å². The van der Waals surface area contributed by atoms with Crippen molar-refractivity contribution >= 4 is 0 Å². The van der Waals surface area contributed by atoms with Crippen molar-refractivity contribution < 1.29 is 13.3 Å². The number of hydrogen-bond acceptors (Lipinski definition) is 4. The zero-order chi connectivity index (χ0) is 11.6. The van der Waals surface area contributed by atoms with E-state index in [9.17, 15) is 8.78 Å². The Kier molecular flexibility index (Phi) is 3.18. The molecule has 0 saturated heterocycles. The number of nitrogens with two attached hydrogens (primary N) is 1. The molecule has 2 N–H and O–H groups in total. The fourth-order valence-electron chi connectivity index (χ4n) is 2.11.